The fraction of sp³-hybridized carbons (Fsp3) is 0.400. The predicted molar refractivity (Wildman–Crippen MR) is 50.1 cm³/mol. The van der Waals surface area contributed by atoms with Gasteiger partial charge in [-0.25, -0.2) is 0 Å². The second-order valence-corrected chi connectivity index (χ2v) is 9.75. The van der Waals surface area contributed by atoms with Crippen LogP contribution in [-0.4, -0.2) is 19.6 Å². The van der Waals surface area contributed by atoms with Gasteiger partial charge in [0.15, 0.2) is 0 Å². The van der Waals surface area contributed by atoms with Gasteiger partial charge in [-0.05, 0) is 0 Å². The molecule has 11 heavy (non-hydrogen) atoms. The molecule has 0 unspecified atom stereocenters. The Morgan fingerprint density at radius 1 is 1.18 bits per heavy atom. The monoisotopic (exact) mass is 263 g/mol. The van der Waals surface area contributed by atoms with Gasteiger partial charge < -0.3 is 0 Å². The molecular weight excluding hydrogens is 248 g/mol. The minimum atomic E-state index is -0.633. The molecule has 0 atom stereocenters. The van der Waals surface area contributed by atoms with Crippen LogP contribution in [0.5, 0.6) is 0 Å². The van der Waals surface area contributed by atoms with Gasteiger partial charge in [-0.3, -0.25) is 0 Å². The fourth-order valence-electron chi connectivity index (χ4n) is 1.53. The molecule has 0 spiro atoms. The van der Waals surface area contributed by atoms with Gasteiger partial charge in [0, 0.05) is 0 Å². The molecule has 1 aromatic rings. The molecule has 1 heteroatoms. The van der Waals surface area contributed by atoms with Crippen molar-refractivity contribution in [1.29, 1.82) is 0 Å². The molecule has 0 bridgehead atoms. The van der Waals surface area contributed by atoms with E-state index in [0.717, 1.165) is 0 Å². The van der Waals surface area contributed by atoms with Gasteiger partial charge in [0.25, 0.3) is 0 Å². The second-order valence-electron chi connectivity index (χ2n) is 2.96. The first kappa shape index (κ1) is 7.65. The third-order valence-electron chi connectivity index (χ3n) is 2.25. The average molecular weight is 261 g/mol. The van der Waals surface area contributed by atoms with Crippen LogP contribution in [-0.2, 0) is 8.94 Å². The molecular formula is C10H13Te+. The van der Waals surface area contributed by atoms with E-state index in [0.29, 0.717) is 0 Å². The molecule has 0 N–H and O–H groups in total. The summed E-state index contributed by atoms with van der Waals surface area (Å²) in [4.78, 5) is 0. The summed E-state index contributed by atoms with van der Waals surface area (Å²) in [7, 11) is 0. The number of fused-ring (bicyclic) bond motifs is 1. The molecule has 0 nitrogen and oxygen atoms in total. The average Bonchev–Trinajstić information content (AvgIpc) is 2.46. The molecule has 0 aromatic heterocycles. The third-order valence-corrected chi connectivity index (χ3v) is 8.68. The van der Waals surface area contributed by atoms with E-state index in [-0.39, 0.29) is 0 Å². The van der Waals surface area contributed by atoms with Crippen LogP contribution in [0.3, 0.4) is 0 Å². The van der Waals surface area contributed by atoms with Gasteiger partial charge in [0.05, 0.1) is 0 Å². The number of hydrogen-bond donors (Lipinski definition) is 0. The van der Waals surface area contributed by atoms with Crippen LogP contribution in [0.2, 0.25) is 4.47 Å². The van der Waals surface area contributed by atoms with Gasteiger partial charge in [0.2, 0.25) is 0 Å². The fourth-order valence-corrected chi connectivity index (χ4v) is 7.11. The summed E-state index contributed by atoms with van der Waals surface area (Å²) in [5, 5.41) is 0. The minimum absolute atomic E-state index is 0.633. The Hall–Kier alpha value is 0.00961. The van der Waals surface area contributed by atoms with Crippen molar-refractivity contribution in [1.82, 2.24) is 0 Å². The summed E-state index contributed by atoms with van der Waals surface area (Å²) in [5.41, 5.74) is 3.32. The normalized spacial score (nSPS) is 16.8. The number of rotatable bonds is 1. The van der Waals surface area contributed by atoms with Crippen molar-refractivity contribution >= 4 is 19.6 Å². The molecule has 1 heterocycles. The quantitative estimate of drug-likeness (QED) is 0.681. The third kappa shape index (κ3) is 1.45. The van der Waals surface area contributed by atoms with E-state index in [1.807, 2.05) is 0 Å². The van der Waals surface area contributed by atoms with E-state index in [1.165, 1.54) is 13.4 Å². The standard InChI is InChI=1S/C10H13Te/c1-2-11-7-9-5-3-4-6-10(9)8-11/h3-6H,2,7-8H2,1H3/q+1. The Morgan fingerprint density at radius 3 is 2.18 bits per heavy atom. The summed E-state index contributed by atoms with van der Waals surface area (Å²) in [5.74, 6) is 0. The maximum atomic E-state index is 2.36. The topological polar surface area (TPSA) is 0 Å². The Bertz CT molecular complexity index is 230. The van der Waals surface area contributed by atoms with Crippen molar-refractivity contribution in [2.45, 2.75) is 20.3 Å². The first-order valence-electron chi connectivity index (χ1n) is 4.11. The van der Waals surface area contributed by atoms with Crippen LogP contribution < -0.4 is 0 Å². The summed E-state index contributed by atoms with van der Waals surface area (Å²) in [6.45, 7) is 2.36. The van der Waals surface area contributed by atoms with E-state index in [4.69, 9.17) is 0 Å². The van der Waals surface area contributed by atoms with E-state index in [2.05, 4.69) is 31.2 Å². The van der Waals surface area contributed by atoms with Gasteiger partial charge >= 0.3 is 75.3 Å². The summed E-state index contributed by atoms with van der Waals surface area (Å²) >= 11 is -0.633. The summed E-state index contributed by atoms with van der Waals surface area (Å²) in [6, 6.07) is 8.98. The SMILES string of the molecule is CC[Te+]1Cc2ccccc2C1. The van der Waals surface area contributed by atoms with E-state index in [1.54, 1.807) is 11.1 Å². The zero-order chi connectivity index (χ0) is 7.68. The van der Waals surface area contributed by atoms with Crippen molar-refractivity contribution < 1.29 is 0 Å². The van der Waals surface area contributed by atoms with Crippen molar-refractivity contribution in [2.75, 3.05) is 0 Å². The number of hydrogen-bond acceptors (Lipinski definition) is 0. The summed E-state index contributed by atoms with van der Waals surface area (Å²) in [6.07, 6.45) is 0. The molecule has 0 amide bonds. The molecule has 1 aliphatic rings. The van der Waals surface area contributed by atoms with E-state index in [9.17, 15) is 0 Å². The zero-order valence-electron chi connectivity index (χ0n) is 6.84. The Kier molecular flexibility index (Phi) is 2.20. The Balaban J connectivity index is 2.27. The van der Waals surface area contributed by atoms with Crippen LogP contribution in [0, 0.1) is 0 Å². The van der Waals surface area contributed by atoms with Gasteiger partial charge in [-0.15, -0.1) is 0 Å². The predicted octanol–water partition coefficient (Wildman–Crippen LogP) is 2.38. The van der Waals surface area contributed by atoms with Gasteiger partial charge in [0.1, 0.15) is 0 Å². The first-order valence-corrected chi connectivity index (χ1v) is 9.05. The van der Waals surface area contributed by atoms with Crippen LogP contribution in [0.1, 0.15) is 18.1 Å². The van der Waals surface area contributed by atoms with E-state index < -0.39 is 19.6 Å². The molecule has 0 aliphatic carbocycles. The molecule has 0 radical (unpaired) electrons. The molecule has 0 fully saturated rings. The molecule has 58 valence electrons. The van der Waals surface area contributed by atoms with Crippen LogP contribution in [0.4, 0.5) is 0 Å². The Morgan fingerprint density at radius 2 is 1.73 bits per heavy atom. The molecule has 0 saturated heterocycles. The molecule has 2 rings (SSSR count). The van der Waals surface area contributed by atoms with Crippen LogP contribution >= 0.6 is 0 Å². The van der Waals surface area contributed by atoms with Crippen molar-refractivity contribution in [3.63, 3.8) is 0 Å². The van der Waals surface area contributed by atoms with E-state index >= 15 is 0 Å². The second kappa shape index (κ2) is 3.17. The van der Waals surface area contributed by atoms with Gasteiger partial charge in [-0.2, -0.15) is 0 Å². The van der Waals surface area contributed by atoms with Crippen LogP contribution in [0.25, 0.3) is 0 Å². The Labute approximate surface area is 75.3 Å². The molecule has 1 aliphatic heterocycles. The molecule has 1 aromatic carbocycles. The first-order chi connectivity index (χ1) is 5.40. The summed E-state index contributed by atoms with van der Waals surface area (Å²) < 4.78 is 4.46. The van der Waals surface area contributed by atoms with Gasteiger partial charge in [-0.1, -0.05) is 0 Å². The van der Waals surface area contributed by atoms with Crippen molar-refractivity contribution in [3.05, 3.63) is 35.4 Å². The van der Waals surface area contributed by atoms with Crippen LogP contribution in [0.15, 0.2) is 24.3 Å². The van der Waals surface area contributed by atoms with Crippen molar-refractivity contribution in [2.24, 2.45) is 0 Å². The number of benzene rings is 1. The zero-order valence-corrected chi connectivity index (χ0v) is 9.17. The molecule has 0 saturated carbocycles. The van der Waals surface area contributed by atoms with Crippen molar-refractivity contribution in [3.8, 4) is 0 Å². The maximum absolute atomic E-state index is 2.36.